The molecule has 3 rings (SSSR count). The Kier molecular flexibility index (Phi) is 5.75. The molecule has 0 saturated carbocycles. The second kappa shape index (κ2) is 8.22. The van der Waals surface area contributed by atoms with E-state index in [1.807, 2.05) is 18.2 Å². The lowest BCUT2D eigenvalue weighted by Gasteiger charge is -2.06. The van der Waals surface area contributed by atoms with Crippen LogP contribution in [0.15, 0.2) is 48.5 Å². The van der Waals surface area contributed by atoms with Crippen LogP contribution in [0.3, 0.4) is 0 Å². The van der Waals surface area contributed by atoms with Gasteiger partial charge in [0.25, 0.3) is 0 Å². The third kappa shape index (κ3) is 3.89. The SMILES string of the molecule is COc1ccc(C(=O)COC(=O)c2c(C)nn(-c3ccccc3)c2Cl)cc1F. The van der Waals surface area contributed by atoms with Gasteiger partial charge >= 0.3 is 5.97 Å². The minimum Gasteiger partial charge on any atom is -0.494 e. The van der Waals surface area contributed by atoms with Crippen molar-refractivity contribution in [2.45, 2.75) is 6.92 Å². The van der Waals surface area contributed by atoms with Crippen LogP contribution in [0.5, 0.6) is 5.75 Å². The molecule has 0 bridgehead atoms. The maximum Gasteiger partial charge on any atom is 0.343 e. The number of ether oxygens (including phenoxy) is 2. The predicted molar refractivity (Wildman–Crippen MR) is 101 cm³/mol. The maximum absolute atomic E-state index is 13.7. The van der Waals surface area contributed by atoms with Crippen LogP contribution < -0.4 is 4.74 Å². The number of benzene rings is 2. The zero-order valence-corrected chi connectivity index (χ0v) is 15.9. The molecule has 0 fully saturated rings. The van der Waals surface area contributed by atoms with Crippen molar-refractivity contribution in [3.63, 3.8) is 0 Å². The molecule has 0 saturated heterocycles. The zero-order chi connectivity index (χ0) is 20.3. The van der Waals surface area contributed by atoms with Gasteiger partial charge in [0.2, 0.25) is 0 Å². The van der Waals surface area contributed by atoms with Crippen LogP contribution in [0.1, 0.15) is 26.4 Å². The fourth-order valence-corrected chi connectivity index (χ4v) is 2.95. The molecule has 144 valence electrons. The number of esters is 1. The number of aromatic nitrogens is 2. The molecule has 0 aliphatic rings. The molecule has 8 heteroatoms. The van der Waals surface area contributed by atoms with Gasteiger partial charge in [0.15, 0.2) is 24.0 Å². The molecule has 3 aromatic rings. The van der Waals surface area contributed by atoms with Gasteiger partial charge in [0.1, 0.15) is 10.7 Å². The average Bonchev–Trinajstić information content (AvgIpc) is 3.00. The lowest BCUT2D eigenvalue weighted by atomic mass is 10.1. The summed E-state index contributed by atoms with van der Waals surface area (Å²) in [6, 6.07) is 12.8. The van der Waals surface area contributed by atoms with Gasteiger partial charge in [-0.2, -0.15) is 5.10 Å². The first kappa shape index (κ1) is 19.6. The van der Waals surface area contributed by atoms with Crippen molar-refractivity contribution in [2.24, 2.45) is 0 Å². The van der Waals surface area contributed by atoms with E-state index in [4.69, 9.17) is 21.1 Å². The summed E-state index contributed by atoms with van der Waals surface area (Å²) in [5, 5.41) is 4.33. The number of hydrogen-bond donors (Lipinski definition) is 0. The van der Waals surface area contributed by atoms with Crippen molar-refractivity contribution < 1.29 is 23.5 Å². The summed E-state index contributed by atoms with van der Waals surface area (Å²) < 4.78 is 25.0. The van der Waals surface area contributed by atoms with Crippen LogP contribution in [-0.4, -0.2) is 35.2 Å². The summed E-state index contributed by atoms with van der Waals surface area (Å²) in [5.74, 6) is -2.00. The van der Waals surface area contributed by atoms with Crippen molar-refractivity contribution in [1.29, 1.82) is 0 Å². The third-order valence-corrected chi connectivity index (χ3v) is 4.37. The largest absolute Gasteiger partial charge is 0.494 e. The van der Waals surface area contributed by atoms with Crippen LogP contribution in [0, 0.1) is 12.7 Å². The van der Waals surface area contributed by atoms with E-state index in [1.54, 1.807) is 19.1 Å². The highest BCUT2D eigenvalue weighted by Gasteiger charge is 2.23. The number of Topliss-reactive ketones (excluding diaryl/α,β-unsaturated/α-hetero) is 1. The Hall–Kier alpha value is -3.19. The van der Waals surface area contributed by atoms with E-state index in [1.165, 1.54) is 23.9 Å². The fraction of sp³-hybridized carbons (Fsp3) is 0.150. The van der Waals surface area contributed by atoms with Gasteiger partial charge < -0.3 is 9.47 Å². The van der Waals surface area contributed by atoms with Gasteiger partial charge in [0, 0.05) is 5.56 Å². The van der Waals surface area contributed by atoms with Crippen LogP contribution in [0.25, 0.3) is 5.69 Å². The highest BCUT2D eigenvalue weighted by atomic mass is 35.5. The number of carbonyl (C=O) groups is 2. The second-order valence-corrected chi connectivity index (χ2v) is 6.21. The normalized spacial score (nSPS) is 10.6. The highest BCUT2D eigenvalue weighted by molar-refractivity contribution is 6.33. The predicted octanol–water partition coefficient (Wildman–Crippen LogP) is 4.02. The summed E-state index contributed by atoms with van der Waals surface area (Å²) in [5.41, 5.74) is 1.18. The maximum atomic E-state index is 13.7. The summed E-state index contributed by atoms with van der Waals surface area (Å²) in [6.45, 7) is 1.06. The average molecular weight is 403 g/mol. The van der Waals surface area contributed by atoms with E-state index in [0.29, 0.717) is 11.4 Å². The van der Waals surface area contributed by atoms with E-state index in [9.17, 15) is 14.0 Å². The zero-order valence-electron chi connectivity index (χ0n) is 15.1. The number of nitrogens with zero attached hydrogens (tertiary/aromatic N) is 2. The van der Waals surface area contributed by atoms with Gasteiger partial charge in [-0.15, -0.1) is 0 Å². The Morgan fingerprint density at radius 1 is 1.18 bits per heavy atom. The first-order valence-electron chi connectivity index (χ1n) is 8.26. The van der Waals surface area contributed by atoms with E-state index >= 15 is 0 Å². The van der Waals surface area contributed by atoms with Crippen molar-refractivity contribution in [3.8, 4) is 11.4 Å². The van der Waals surface area contributed by atoms with Crippen LogP contribution in [-0.2, 0) is 4.74 Å². The molecule has 1 aromatic heterocycles. The Morgan fingerprint density at radius 2 is 1.89 bits per heavy atom. The molecule has 28 heavy (non-hydrogen) atoms. The molecule has 0 amide bonds. The molecule has 6 nitrogen and oxygen atoms in total. The standard InChI is InChI=1S/C20H16ClFN2O4/c1-12-18(19(21)24(23-12)14-6-4-3-5-7-14)20(26)28-11-16(25)13-8-9-17(27-2)15(22)10-13/h3-10H,11H2,1-2H3. The van der Waals surface area contributed by atoms with Gasteiger partial charge in [0.05, 0.1) is 18.5 Å². The number of methoxy groups -OCH3 is 1. The first-order chi connectivity index (χ1) is 13.4. The van der Waals surface area contributed by atoms with Gasteiger partial charge in [-0.05, 0) is 37.3 Å². The minimum absolute atomic E-state index is 0.0178. The minimum atomic E-state index is -0.785. The third-order valence-electron chi connectivity index (χ3n) is 4.02. The van der Waals surface area contributed by atoms with Crippen LogP contribution in [0.2, 0.25) is 5.15 Å². The smallest absolute Gasteiger partial charge is 0.343 e. The quantitative estimate of drug-likeness (QED) is 0.460. The van der Waals surface area contributed by atoms with E-state index < -0.39 is 24.2 Å². The molecule has 1 heterocycles. The molecule has 0 spiro atoms. The number of ketones is 1. The summed E-state index contributed by atoms with van der Waals surface area (Å²) in [7, 11) is 1.32. The van der Waals surface area contributed by atoms with Crippen molar-refractivity contribution >= 4 is 23.4 Å². The van der Waals surface area contributed by atoms with E-state index in [-0.39, 0.29) is 22.0 Å². The van der Waals surface area contributed by atoms with Crippen molar-refractivity contribution in [2.75, 3.05) is 13.7 Å². The van der Waals surface area contributed by atoms with Crippen LogP contribution in [0.4, 0.5) is 4.39 Å². The van der Waals surface area contributed by atoms with Crippen LogP contribution >= 0.6 is 11.6 Å². The molecule has 2 aromatic carbocycles. The van der Waals surface area contributed by atoms with Crippen molar-refractivity contribution in [1.82, 2.24) is 9.78 Å². The summed E-state index contributed by atoms with van der Waals surface area (Å²) in [6.07, 6.45) is 0. The topological polar surface area (TPSA) is 70.4 Å². The lowest BCUT2D eigenvalue weighted by Crippen LogP contribution is -2.15. The monoisotopic (exact) mass is 402 g/mol. The Bertz CT molecular complexity index is 1030. The summed E-state index contributed by atoms with van der Waals surface area (Å²) >= 11 is 6.30. The molecule has 0 aliphatic carbocycles. The fourth-order valence-electron chi connectivity index (χ4n) is 2.60. The number of halogens is 2. The van der Waals surface area contributed by atoms with E-state index in [0.717, 1.165) is 6.07 Å². The molecule has 0 unspecified atom stereocenters. The van der Waals surface area contributed by atoms with Gasteiger partial charge in [-0.25, -0.2) is 13.9 Å². The number of rotatable bonds is 6. The first-order valence-corrected chi connectivity index (χ1v) is 8.64. The number of hydrogen-bond acceptors (Lipinski definition) is 5. The Labute approximate surface area is 165 Å². The number of carbonyl (C=O) groups excluding carboxylic acids is 2. The molecule has 0 N–H and O–H groups in total. The number of aryl methyl sites for hydroxylation is 1. The Morgan fingerprint density at radius 3 is 2.54 bits per heavy atom. The van der Waals surface area contributed by atoms with E-state index in [2.05, 4.69) is 5.10 Å². The summed E-state index contributed by atoms with van der Waals surface area (Å²) in [4.78, 5) is 24.6. The number of para-hydroxylation sites is 1. The molecule has 0 aliphatic heterocycles. The van der Waals surface area contributed by atoms with Gasteiger partial charge in [-0.1, -0.05) is 29.8 Å². The van der Waals surface area contributed by atoms with Gasteiger partial charge in [-0.3, -0.25) is 4.79 Å². The molecule has 0 radical (unpaired) electrons. The Balaban J connectivity index is 1.74. The second-order valence-electron chi connectivity index (χ2n) is 5.85. The molecule has 0 atom stereocenters. The van der Waals surface area contributed by atoms with Crippen molar-refractivity contribution in [3.05, 3.63) is 76.3 Å². The molecular formula is C20H16ClFN2O4. The lowest BCUT2D eigenvalue weighted by molar-refractivity contribution is 0.0474. The highest BCUT2D eigenvalue weighted by Crippen LogP contribution is 2.24. The molecular weight excluding hydrogens is 387 g/mol.